The Hall–Kier alpha value is -1.02. The van der Waals surface area contributed by atoms with Gasteiger partial charge in [-0.25, -0.2) is 12.8 Å². The van der Waals surface area contributed by atoms with Crippen LogP contribution in [0.5, 0.6) is 0 Å². The standard InChI is InChI=1S/C16H22FNO4S/c17-13-4-1-3-12(9-13)11-23(20,21)18-7-2-5-15(18)14-10-22-8-6-16(14)19/h1,3-4,9,14-16,19H,2,5-8,10-11H2. The molecule has 0 aromatic heterocycles. The summed E-state index contributed by atoms with van der Waals surface area (Å²) in [6.45, 7) is 1.35. The van der Waals surface area contributed by atoms with Gasteiger partial charge in [0, 0.05) is 25.1 Å². The molecule has 2 aliphatic heterocycles. The molecule has 2 heterocycles. The zero-order chi connectivity index (χ0) is 16.4. The van der Waals surface area contributed by atoms with Crippen molar-refractivity contribution in [1.82, 2.24) is 4.31 Å². The molecule has 7 heteroatoms. The summed E-state index contributed by atoms with van der Waals surface area (Å²) in [6.07, 6.45) is 1.52. The summed E-state index contributed by atoms with van der Waals surface area (Å²) in [7, 11) is -3.55. The number of aliphatic hydroxyl groups excluding tert-OH is 1. The zero-order valence-electron chi connectivity index (χ0n) is 12.9. The summed E-state index contributed by atoms with van der Waals surface area (Å²) >= 11 is 0. The van der Waals surface area contributed by atoms with Crippen LogP contribution in [0, 0.1) is 11.7 Å². The highest BCUT2D eigenvalue weighted by Gasteiger charge is 2.42. The van der Waals surface area contributed by atoms with Crippen LogP contribution in [0.3, 0.4) is 0 Å². The van der Waals surface area contributed by atoms with E-state index in [1.165, 1.54) is 22.5 Å². The Morgan fingerprint density at radius 1 is 1.35 bits per heavy atom. The predicted molar refractivity (Wildman–Crippen MR) is 83.7 cm³/mol. The summed E-state index contributed by atoms with van der Waals surface area (Å²) in [5, 5.41) is 10.2. The first-order chi connectivity index (χ1) is 11.0. The lowest BCUT2D eigenvalue weighted by molar-refractivity contribution is -0.0543. The van der Waals surface area contributed by atoms with Gasteiger partial charge in [-0.05, 0) is 37.0 Å². The summed E-state index contributed by atoms with van der Waals surface area (Å²) in [4.78, 5) is 0. The molecule has 0 spiro atoms. The Balaban J connectivity index is 1.78. The molecule has 23 heavy (non-hydrogen) atoms. The molecule has 0 bridgehead atoms. The molecule has 0 aliphatic carbocycles. The van der Waals surface area contributed by atoms with Crippen molar-refractivity contribution in [3.8, 4) is 0 Å². The minimum atomic E-state index is -3.55. The van der Waals surface area contributed by atoms with Crippen LogP contribution in [0.25, 0.3) is 0 Å². The van der Waals surface area contributed by atoms with E-state index in [4.69, 9.17) is 4.74 Å². The monoisotopic (exact) mass is 343 g/mol. The maximum atomic E-state index is 13.3. The van der Waals surface area contributed by atoms with Crippen LogP contribution < -0.4 is 0 Å². The van der Waals surface area contributed by atoms with Gasteiger partial charge in [0.1, 0.15) is 5.82 Å². The second-order valence-electron chi connectivity index (χ2n) is 6.30. The van der Waals surface area contributed by atoms with Gasteiger partial charge in [-0.1, -0.05) is 12.1 Å². The van der Waals surface area contributed by atoms with Gasteiger partial charge in [-0.3, -0.25) is 0 Å². The Bertz CT molecular complexity index is 651. The molecule has 1 aromatic rings. The third-order valence-corrected chi connectivity index (χ3v) is 6.57. The van der Waals surface area contributed by atoms with Crippen LogP contribution >= 0.6 is 0 Å². The second-order valence-corrected chi connectivity index (χ2v) is 8.22. The van der Waals surface area contributed by atoms with Gasteiger partial charge in [0.05, 0.1) is 18.5 Å². The highest BCUT2D eigenvalue weighted by atomic mass is 32.2. The van der Waals surface area contributed by atoms with Crippen molar-refractivity contribution in [2.24, 2.45) is 5.92 Å². The van der Waals surface area contributed by atoms with Crippen molar-refractivity contribution in [1.29, 1.82) is 0 Å². The molecule has 0 amide bonds. The van der Waals surface area contributed by atoms with E-state index < -0.39 is 21.9 Å². The smallest absolute Gasteiger partial charge is 0.218 e. The number of benzene rings is 1. The van der Waals surface area contributed by atoms with E-state index in [9.17, 15) is 17.9 Å². The molecule has 128 valence electrons. The van der Waals surface area contributed by atoms with Crippen LogP contribution in [0.15, 0.2) is 24.3 Å². The van der Waals surface area contributed by atoms with Gasteiger partial charge in [0.15, 0.2) is 0 Å². The summed E-state index contributed by atoms with van der Waals surface area (Å²) < 4.78 is 45.7. The lowest BCUT2D eigenvalue weighted by atomic mass is 9.90. The van der Waals surface area contributed by atoms with Crippen LogP contribution in [0.2, 0.25) is 0 Å². The fraction of sp³-hybridized carbons (Fsp3) is 0.625. The van der Waals surface area contributed by atoms with Crippen molar-refractivity contribution >= 4 is 10.0 Å². The van der Waals surface area contributed by atoms with Crippen molar-refractivity contribution < 1.29 is 22.7 Å². The first kappa shape index (κ1) is 16.8. The van der Waals surface area contributed by atoms with Crippen LogP contribution in [0.4, 0.5) is 4.39 Å². The second kappa shape index (κ2) is 6.84. The quantitative estimate of drug-likeness (QED) is 0.900. The molecule has 2 saturated heterocycles. The molecular formula is C16H22FNO4S. The Morgan fingerprint density at radius 2 is 2.17 bits per heavy atom. The first-order valence-corrected chi connectivity index (χ1v) is 9.58. The number of aliphatic hydroxyl groups is 1. The number of sulfonamides is 1. The number of hydrogen-bond donors (Lipinski definition) is 1. The Labute approximate surface area is 136 Å². The predicted octanol–water partition coefficient (Wildman–Crippen LogP) is 1.52. The highest BCUT2D eigenvalue weighted by molar-refractivity contribution is 7.88. The van der Waals surface area contributed by atoms with Gasteiger partial charge in [0.2, 0.25) is 10.0 Å². The molecule has 0 radical (unpaired) electrons. The molecule has 5 nitrogen and oxygen atoms in total. The van der Waals surface area contributed by atoms with Crippen molar-refractivity contribution in [2.45, 2.75) is 37.2 Å². The number of rotatable bonds is 4. The maximum absolute atomic E-state index is 13.3. The minimum Gasteiger partial charge on any atom is -0.393 e. The van der Waals surface area contributed by atoms with E-state index in [1.807, 2.05) is 0 Å². The van der Waals surface area contributed by atoms with E-state index in [1.54, 1.807) is 6.07 Å². The van der Waals surface area contributed by atoms with Crippen LogP contribution in [-0.4, -0.2) is 49.7 Å². The Kier molecular flexibility index (Phi) is 5.01. The van der Waals surface area contributed by atoms with E-state index >= 15 is 0 Å². The third-order valence-electron chi connectivity index (χ3n) is 4.70. The van der Waals surface area contributed by atoms with Crippen LogP contribution in [0.1, 0.15) is 24.8 Å². The molecule has 3 atom stereocenters. The summed E-state index contributed by atoms with van der Waals surface area (Å²) in [6, 6.07) is 5.44. The number of ether oxygens (including phenoxy) is 1. The van der Waals surface area contributed by atoms with Crippen molar-refractivity contribution in [3.63, 3.8) is 0 Å². The van der Waals surface area contributed by atoms with E-state index in [0.29, 0.717) is 31.7 Å². The topological polar surface area (TPSA) is 66.8 Å². The van der Waals surface area contributed by atoms with Crippen molar-refractivity contribution in [2.75, 3.05) is 19.8 Å². The SMILES string of the molecule is O=S(=O)(Cc1cccc(F)c1)N1CCCC1C1COCCC1O. The largest absolute Gasteiger partial charge is 0.393 e. The number of nitrogens with zero attached hydrogens (tertiary/aromatic N) is 1. The maximum Gasteiger partial charge on any atom is 0.218 e. The van der Waals surface area contributed by atoms with Gasteiger partial charge in [0.25, 0.3) is 0 Å². The third kappa shape index (κ3) is 3.74. The average molecular weight is 343 g/mol. The van der Waals surface area contributed by atoms with E-state index in [-0.39, 0.29) is 17.7 Å². The van der Waals surface area contributed by atoms with Gasteiger partial charge in [-0.2, -0.15) is 4.31 Å². The zero-order valence-corrected chi connectivity index (χ0v) is 13.7. The van der Waals surface area contributed by atoms with Crippen molar-refractivity contribution in [3.05, 3.63) is 35.6 Å². The van der Waals surface area contributed by atoms with Crippen LogP contribution in [-0.2, 0) is 20.5 Å². The molecule has 2 aliphatic rings. The minimum absolute atomic E-state index is 0.187. The Morgan fingerprint density at radius 3 is 2.91 bits per heavy atom. The molecular weight excluding hydrogens is 321 g/mol. The van der Waals surface area contributed by atoms with Gasteiger partial charge >= 0.3 is 0 Å². The molecule has 3 unspecified atom stereocenters. The lowest BCUT2D eigenvalue weighted by Crippen LogP contribution is -2.48. The number of hydrogen-bond acceptors (Lipinski definition) is 4. The molecule has 2 fully saturated rings. The molecule has 0 saturated carbocycles. The first-order valence-electron chi connectivity index (χ1n) is 7.97. The lowest BCUT2D eigenvalue weighted by Gasteiger charge is -2.36. The van der Waals surface area contributed by atoms with E-state index in [0.717, 1.165) is 12.8 Å². The fourth-order valence-electron chi connectivity index (χ4n) is 3.58. The number of halogens is 1. The normalized spacial score (nSPS) is 29.7. The van der Waals surface area contributed by atoms with E-state index in [2.05, 4.69) is 0 Å². The summed E-state index contributed by atoms with van der Waals surface area (Å²) in [5.74, 6) is -0.842. The summed E-state index contributed by atoms with van der Waals surface area (Å²) in [5.41, 5.74) is 0.441. The highest BCUT2D eigenvalue weighted by Crippen LogP contribution is 2.32. The molecule has 3 rings (SSSR count). The van der Waals surface area contributed by atoms with Gasteiger partial charge < -0.3 is 9.84 Å². The average Bonchev–Trinajstić information content (AvgIpc) is 2.97. The molecule has 1 aromatic carbocycles. The fourth-order valence-corrected chi connectivity index (χ4v) is 5.42. The van der Waals surface area contributed by atoms with Gasteiger partial charge in [-0.15, -0.1) is 0 Å². The molecule has 1 N–H and O–H groups in total.